The molecular weight excluding hydrogens is 324 g/mol. The fraction of sp³-hybridized carbons (Fsp3) is 0.471. The van der Waals surface area contributed by atoms with E-state index < -0.39 is 17.5 Å². The molecule has 0 bridgehead atoms. The van der Waals surface area contributed by atoms with E-state index in [1.54, 1.807) is 11.8 Å². The highest BCUT2D eigenvalue weighted by Crippen LogP contribution is 2.31. The van der Waals surface area contributed by atoms with Gasteiger partial charge in [0.1, 0.15) is 0 Å². The van der Waals surface area contributed by atoms with E-state index in [1.807, 2.05) is 52.0 Å². The van der Waals surface area contributed by atoms with Crippen LogP contribution in [0.15, 0.2) is 29.2 Å². The predicted molar refractivity (Wildman–Crippen MR) is 96.9 cm³/mol. The van der Waals surface area contributed by atoms with Crippen molar-refractivity contribution in [3.8, 4) is 6.07 Å². The van der Waals surface area contributed by atoms with Gasteiger partial charge in [-0.15, -0.1) is 11.8 Å². The summed E-state index contributed by atoms with van der Waals surface area (Å²) in [6.07, 6.45) is 0.451. The first kappa shape index (κ1) is 19.8. The average Bonchev–Trinajstić information content (AvgIpc) is 2.44. The summed E-state index contributed by atoms with van der Waals surface area (Å²) in [7, 11) is 0. The molecule has 1 atom stereocenters. The van der Waals surface area contributed by atoms with Crippen molar-refractivity contribution in [2.24, 2.45) is 0 Å². The number of hydrogen-bond acceptors (Lipinski definition) is 5. The van der Waals surface area contributed by atoms with Crippen LogP contribution in [0.2, 0.25) is 0 Å². The monoisotopic (exact) mass is 348 g/mol. The van der Waals surface area contributed by atoms with E-state index in [0.29, 0.717) is 6.42 Å². The van der Waals surface area contributed by atoms with Crippen LogP contribution in [0.25, 0.3) is 0 Å². The molecule has 3 amide bonds. The third-order valence-corrected chi connectivity index (χ3v) is 3.95. The first-order valence-electron chi connectivity index (χ1n) is 7.70. The van der Waals surface area contributed by atoms with Gasteiger partial charge in [-0.2, -0.15) is 5.26 Å². The molecule has 1 rings (SSSR count). The van der Waals surface area contributed by atoms with Gasteiger partial charge in [0.2, 0.25) is 5.91 Å². The van der Waals surface area contributed by atoms with E-state index in [0.717, 1.165) is 10.6 Å². The average molecular weight is 348 g/mol. The van der Waals surface area contributed by atoms with Crippen LogP contribution in [0.4, 0.5) is 10.5 Å². The van der Waals surface area contributed by atoms with Crippen molar-refractivity contribution in [2.75, 3.05) is 11.9 Å². The Balaban J connectivity index is 2.57. The van der Waals surface area contributed by atoms with Crippen molar-refractivity contribution >= 4 is 29.4 Å². The number of imide groups is 1. The quantitative estimate of drug-likeness (QED) is 0.687. The van der Waals surface area contributed by atoms with E-state index in [9.17, 15) is 9.59 Å². The van der Waals surface area contributed by atoms with Crippen molar-refractivity contribution in [1.82, 2.24) is 10.6 Å². The van der Waals surface area contributed by atoms with Crippen LogP contribution in [0.1, 0.15) is 34.1 Å². The van der Waals surface area contributed by atoms with Gasteiger partial charge in [-0.25, -0.2) is 4.79 Å². The van der Waals surface area contributed by atoms with Crippen LogP contribution >= 0.6 is 11.8 Å². The Labute approximate surface area is 147 Å². The number of anilines is 1. The summed E-state index contributed by atoms with van der Waals surface area (Å²) in [5.41, 5.74) is 0.399. The molecule has 3 N–H and O–H groups in total. The molecule has 0 heterocycles. The molecular formula is C17H24N4O2S. The van der Waals surface area contributed by atoms with Crippen LogP contribution in [-0.4, -0.2) is 29.3 Å². The number of urea groups is 1. The molecule has 1 aromatic carbocycles. The molecule has 0 saturated heterocycles. The van der Waals surface area contributed by atoms with Crippen LogP contribution < -0.4 is 16.0 Å². The fourth-order valence-corrected chi connectivity index (χ4v) is 2.84. The van der Waals surface area contributed by atoms with Gasteiger partial charge in [0, 0.05) is 27.8 Å². The number of carbonyl (C=O) groups excluding carboxylic acids is 2. The summed E-state index contributed by atoms with van der Waals surface area (Å²) in [5, 5.41) is 16.9. The van der Waals surface area contributed by atoms with Crippen molar-refractivity contribution in [1.29, 1.82) is 5.26 Å². The van der Waals surface area contributed by atoms with Crippen molar-refractivity contribution in [3.63, 3.8) is 0 Å². The summed E-state index contributed by atoms with van der Waals surface area (Å²) in [6.45, 7) is 7.48. The maximum absolute atomic E-state index is 11.9. The van der Waals surface area contributed by atoms with Gasteiger partial charge in [0.15, 0.2) is 0 Å². The van der Waals surface area contributed by atoms with Crippen molar-refractivity contribution in [3.05, 3.63) is 24.3 Å². The summed E-state index contributed by atoms with van der Waals surface area (Å²) >= 11 is 1.57. The highest BCUT2D eigenvalue weighted by molar-refractivity contribution is 8.00. The molecule has 0 aliphatic carbocycles. The summed E-state index contributed by atoms with van der Waals surface area (Å²) in [4.78, 5) is 24.5. The second-order valence-electron chi connectivity index (χ2n) is 6.39. The summed E-state index contributed by atoms with van der Waals surface area (Å²) in [5.74, 6) is -0.415. The SMILES string of the molecule is CC(CC#N)Sc1ccccc1NCC(=O)NC(=O)NC(C)(C)C. The lowest BCUT2D eigenvalue weighted by Crippen LogP contribution is -2.49. The topological polar surface area (TPSA) is 94.0 Å². The van der Waals surface area contributed by atoms with Crippen LogP contribution in [0.5, 0.6) is 0 Å². The zero-order valence-electron chi connectivity index (χ0n) is 14.5. The van der Waals surface area contributed by atoms with Crippen LogP contribution in [0, 0.1) is 11.3 Å². The number of rotatable bonds is 6. The third-order valence-electron chi connectivity index (χ3n) is 2.77. The van der Waals surface area contributed by atoms with Crippen LogP contribution in [0.3, 0.4) is 0 Å². The van der Waals surface area contributed by atoms with Gasteiger partial charge in [0.25, 0.3) is 0 Å². The number of nitriles is 1. The second kappa shape index (κ2) is 9.18. The minimum absolute atomic E-state index is 0.0121. The highest BCUT2D eigenvalue weighted by Gasteiger charge is 2.16. The zero-order chi connectivity index (χ0) is 18.2. The van der Waals surface area contributed by atoms with E-state index in [1.165, 1.54) is 0 Å². The molecule has 0 aliphatic heterocycles. The number of nitrogens with zero attached hydrogens (tertiary/aromatic N) is 1. The fourth-order valence-electron chi connectivity index (χ4n) is 1.82. The second-order valence-corrected chi connectivity index (χ2v) is 7.87. The number of benzene rings is 1. The molecule has 1 aromatic rings. The molecule has 0 saturated carbocycles. The van der Waals surface area contributed by atoms with Gasteiger partial charge in [0.05, 0.1) is 12.6 Å². The Kier molecular flexibility index (Phi) is 7.59. The number of thioether (sulfide) groups is 1. The minimum Gasteiger partial charge on any atom is -0.375 e. The van der Waals surface area contributed by atoms with Crippen molar-refractivity contribution in [2.45, 2.75) is 49.8 Å². The molecule has 0 fully saturated rings. The van der Waals surface area contributed by atoms with Gasteiger partial charge < -0.3 is 10.6 Å². The van der Waals surface area contributed by atoms with Crippen molar-refractivity contribution < 1.29 is 9.59 Å². The maximum atomic E-state index is 11.9. The molecule has 0 radical (unpaired) electrons. The number of amides is 3. The number of nitrogens with one attached hydrogen (secondary N) is 3. The lowest BCUT2D eigenvalue weighted by atomic mass is 10.1. The van der Waals surface area contributed by atoms with Gasteiger partial charge in [-0.3, -0.25) is 10.1 Å². The molecule has 24 heavy (non-hydrogen) atoms. The molecule has 6 nitrogen and oxygen atoms in total. The van der Waals surface area contributed by atoms with E-state index in [-0.39, 0.29) is 11.8 Å². The summed E-state index contributed by atoms with van der Waals surface area (Å²) in [6, 6.07) is 9.21. The van der Waals surface area contributed by atoms with Gasteiger partial charge >= 0.3 is 6.03 Å². The minimum atomic E-state index is -0.514. The number of carbonyl (C=O) groups is 2. The lowest BCUT2D eigenvalue weighted by Gasteiger charge is -2.20. The maximum Gasteiger partial charge on any atom is 0.321 e. The Morgan fingerprint density at radius 1 is 1.29 bits per heavy atom. The molecule has 0 spiro atoms. The zero-order valence-corrected chi connectivity index (χ0v) is 15.3. The first-order chi connectivity index (χ1) is 11.2. The third kappa shape index (κ3) is 7.88. The molecule has 1 unspecified atom stereocenters. The standard InChI is InChI=1S/C17H24N4O2S/c1-12(9-10-18)24-14-8-6-5-7-13(14)19-11-15(22)20-16(23)21-17(2,3)4/h5-8,12,19H,9,11H2,1-4H3,(H2,20,21,22,23). The summed E-state index contributed by atoms with van der Waals surface area (Å²) < 4.78 is 0. The smallest absolute Gasteiger partial charge is 0.321 e. The molecule has 0 aromatic heterocycles. The number of hydrogen-bond donors (Lipinski definition) is 3. The lowest BCUT2D eigenvalue weighted by molar-refractivity contribution is -0.118. The van der Waals surface area contributed by atoms with E-state index in [4.69, 9.17) is 5.26 Å². The Morgan fingerprint density at radius 2 is 1.96 bits per heavy atom. The van der Waals surface area contributed by atoms with E-state index in [2.05, 4.69) is 22.0 Å². The first-order valence-corrected chi connectivity index (χ1v) is 8.57. The van der Waals surface area contributed by atoms with Gasteiger partial charge in [-0.05, 0) is 32.9 Å². The Bertz CT molecular complexity index is 620. The highest BCUT2D eigenvalue weighted by atomic mass is 32.2. The Hall–Kier alpha value is -2.20. The van der Waals surface area contributed by atoms with E-state index >= 15 is 0 Å². The number of para-hydroxylation sites is 1. The normalized spacial score (nSPS) is 12.0. The van der Waals surface area contributed by atoms with Gasteiger partial charge in [-0.1, -0.05) is 19.1 Å². The largest absolute Gasteiger partial charge is 0.375 e. The molecule has 130 valence electrons. The molecule has 7 heteroatoms. The predicted octanol–water partition coefficient (Wildman–Crippen LogP) is 3.12. The van der Waals surface area contributed by atoms with Crippen LogP contribution in [-0.2, 0) is 4.79 Å². The Morgan fingerprint density at radius 3 is 2.58 bits per heavy atom. The molecule has 0 aliphatic rings.